The van der Waals surface area contributed by atoms with E-state index in [1.165, 1.54) is 0 Å². The molecule has 0 aliphatic heterocycles. The van der Waals surface area contributed by atoms with E-state index in [0.717, 1.165) is 32.7 Å². The van der Waals surface area contributed by atoms with Crippen LogP contribution >= 0.6 is 23.2 Å². The van der Waals surface area contributed by atoms with Crippen LogP contribution in [0.2, 0.25) is 0 Å². The van der Waals surface area contributed by atoms with Gasteiger partial charge in [-0.15, -0.1) is 0 Å². The van der Waals surface area contributed by atoms with Crippen molar-refractivity contribution in [2.75, 3.05) is 0 Å². The lowest BCUT2D eigenvalue weighted by atomic mass is 9.90. The van der Waals surface area contributed by atoms with Gasteiger partial charge in [0.2, 0.25) is 0 Å². The highest BCUT2D eigenvalue weighted by atomic mass is 35.5. The Hall–Kier alpha value is -2.68. The number of hydrogen-bond donors (Lipinski definition) is 2. The van der Waals surface area contributed by atoms with Crippen LogP contribution in [0.3, 0.4) is 0 Å². The fourth-order valence-corrected chi connectivity index (χ4v) is 3.76. The molecule has 0 saturated carbocycles. The molecule has 0 radical (unpaired) electrons. The molecule has 128 valence electrons. The molecule has 4 rings (SSSR count). The third-order valence-corrected chi connectivity index (χ3v) is 4.91. The van der Waals surface area contributed by atoms with Gasteiger partial charge in [0.15, 0.2) is 0 Å². The van der Waals surface area contributed by atoms with Gasteiger partial charge in [-0.3, -0.25) is 0 Å². The van der Waals surface area contributed by atoms with Gasteiger partial charge >= 0.3 is 0 Å². The van der Waals surface area contributed by atoms with Gasteiger partial charge in [-0.05, 0) is 46.2 Å². The van der Waals surface area contributed by atoms with E-state index in [1.54, 1.807) is 24.3 Å². The molecule has 0 fully saturated rings. The first kappa shape index (κ1) is 16.8. The van der Waals surface area contributed by atoms with Crippen molar-refractivity contribution in [3.05, 3.63) is 88.4 Å². The average molecular weight is 381 g/mol. The van der Waals surface area contributed by atoms with E-state index in [1.807, 2.05) is 48.5 Å². The minimum absolute atomic E-state index is 0.122. The number of aromatic hydroxyl groups is 2. The second-order valence-corrected chi connectivity index (χ2v) is 6.94. The number of phenols is 2. The maximum Gasteiger partial charge on any atom is 0.123 e. The van der Waals surface area contributed by atoms with Crippen LogP contribution in [-0.4, -0.2) is 10.2 Å². The van der Waals surface area contributed by atoms with E-state index in [-0.39, 0.29) is 16.0 Å². The minimum Gasteiger partial charge on any atom is -0.507 e. The third kappa shape index (κ3) is 2.68. The van der Waals surface area contributed by atoms with E-state index in [9.17, 15) is 10.2 Å². The van der Waals surface area contributed by atoms with Crippen molar-refractivity contribution >= 4 is 50.3 Å². The van der Waals surface area contributed by atoms with Crippen LogP contribution < -0.4 is 0 Å². The molecule has 4 aromatic carbocycles. The summed E-state index contributed by atoms with van der Waals surface area (Å²) in [6.45, 7) is 0. The fourth-order valence-electron chi connectivity index (χ4n) is 3.35. The van der Waals surface area contributed by atoms with Gasteiger partial charge in [0.1, 0.15) is 16.0 Å². The Labute approximate surface area is 160 Å². The molecule has 4 aromatic rings. The first-order valence-electron chi connectivity index (χ1n) is 8.05. The molecule has 0 heterocycles. The van der Waals surface area contributed by atoms with Crippen LogP contribution in [0.5, 0.6) is 11.5 Å². The molecule has 4 heteroatoms. The summed E-state index contributed by atoms with van der Waals surface area (Å²) >= 11 is 12.6. The lowest BCUT2D eigenvalue weighted by Gasteiger charge is -2.15. The summed E-state index contributed by atoms with van der Waals surface area (Å²) in [6, 6.07) is 22.0. The lowest BCUT2D eigenvalue weighted by molar-refractivity contribution is 0.481. The van der Waals surface area contributed by atoms with Crippen molar-refractivity contribution in [1.82, 2.24) is 0 Å². The zero-order chi connectivity index (χ0) is 18.3. The SMILES string of the molecule is Oc1ccc(C(=C(Cl)Cl)c2ccc(O)c3ccccc23)c2ccccc12. The third-order valence-electron chi connectivity index (χ3n) is 4.53. The van der Waals surface area contributed by atoms with Gasteiger partial charge in [0.05, 0.1) is 0 Å². The Kier molecular flexibility index (Phi) is 4.23. The summed E-state index contributed by atoms with van der Waals surface area (Å²) in [5.41, 5.74) is 2.28. The first-order valence-corrected chi connectivity index (χ1v) is 8.81. The van der Waals surface area contributed by atoms with Crippen LogP contribution in [0.15, 0.2) is 77.3 Å². The number of hydrogen-bond acceptors (Lipinski definition) is 2. The Balaban J connectivity index is 2.09. The standard InChI is InChI=1S/C22H14Cl2O2/c23-22(24)21(17-9-11-19(25)15-7-3-1-5-13(15)17)18-10-12-20(26)16-8-4-2-6-14(16)18/h1-12,25-26H. The first-order chi connectivity index (χ1) is 12.6. The van der Waals surface area contributed by atoms with Crippen molar-refractivity contribution in [2.45, 2.75) is 0 Å². The molecule has 0 spiro atoms. The highest BCUT2D eigenvalue weighted by Crippen LogP contribution is 2.41. The van der Waals surface area contributed by atoms with Crippen LogP contribution in [-0.2, 0) is 0 Å². The van der Waals surface area contributed by atoms with Crippen molar-refractivity contribution in [3.63, 3.8) is 0 Å². The van der Waals surface area contributed by atoms with Gasteiger partial charge in [-0.25, -0.2) is 0 Å². The Morgan fingerprint density at radius 1 is 0.538 bits per heavy atom. The van der Waals surface area contributed by atoms with Gasteiger partial charge in [0.25, 0.3) is 0 Å². The van der Waals surface area contributed by atoms with Gasteiger partial charge in [-0.1, -0.05) is 71.7 Å². The predicted molar refractivity (Wildman–Crippen MR) is 109 cm³/mol. The molecule has 2 N–H and O–H groups in total. The predicted octanol–water partition coefficient (Wildman–Crippen LogP) is 6.60. The van der Waals surface area contributed by atoms with E-state index in [2.05, 4.69) is 0 Å². The van der Waals surface area contributed by atoms with E-state index in [0.29, 0.717) is 5.57 Å². The van der Waals surface area contributed by atoms with Crippen LogP contribution in [0.4, 0.5) is 0 Å². The second-order valence-electron chi connectivity index (χ2n) is 5.99. The molecule has 0 atom stereocenters. The zero-order valence-electron chi connectivity index (χ0n) is 13.6. The summed E-state index contributed by atoms with van der Waals surface area (Å²) < 4.78 is 0.122. The average Bonchev–Trinajstić information content (AvgIpc) is 2.66. The zero-order valence-corrected chi connectivity index (χ0v) is 15.1. The van der Waals surface area contributed by atoms with Crippen molar-refractivity contribution in [3.8, 4) is 11.5 Å². The number of fused-ring (bicyclic) bond motifs is 2. The smallest absolute Gasteiger partial charge is 0.123 e. The number of rotatable bonds is 2. The van der Waals surface area contributed by atoms with E-state index >= 15 is 0 Å². The molecule has 0 amide bonds. The number of phenolic OH excluding ortho intramolecular Hbond substituents is 2. The van der Waals surface area contributed by atoms with Gasteiger partial charge < -0.3 is 10.2 Å². The Morgan fingerprint density at radius 3 is 1.31 bits per heavy atom. The summed E-state index contributed by atoms with van der Waals surface area (Å²) in [6.07, 6.45) is 0. The van der Waals surface area contributed by atoms with Crippen LogP contribution in [0.1, 0.15) is 11.1 Å². The molecule has 26 heavy (non-hydrogen) atoms. The lowest BCUT2D eigenvalue weighted by Crippen LogP contribution is -1.93. The summed E-state index contributed by atoms with van der Waals surface area (Å²) in [5, 5.41) is 23.5. The second kappa shape index (κ2) is 6.56. The molecule has 2 nitrogen and oxygen atoms in total. The van der Waals surface area contributed by atoms with Gasteiger partial charge in [-0.2, -0.15) is 0 Å². The number of halogens is 2. The Morgan fingerprint density at radius 2 is 0.923 bits per heavy atom. The molecule has 0 aliphatic rings. The summed E-state index contributed by atoms with van der Waals surface area (Å²) in [7, 11) is 0. The molecule has 0 aromatic heterocycles. The molecular weight excluding hydrogens is 367 g/mol. The normalized spacial score (nSPS) is 11.0. The molecule has 0 unspecified atom stereocenters. The van der Waals surface area contributed by atoms with Crippen molar-refractivity contribution in [2.24, 2.45) is 0 Å². The summed E-state index contributed by atoms with van der Waals surface area (Å²) in [5.74, 6) is 0.398. The summed E-state index contributed by atoms with van der Waals surface area (Å²) in [4.78, 5) is 0. The van der Waals surface area contributed by atoms with Crippen LogP contribution in [0.25, 0.3) is 27.1 Å². The monoisotopic (exact) mass is 380 g/mol. The van der Waals surface area contributed by atoms with E-state index < -0.39 is 0 Å². The minimum atomic E-state index is 0.122. The molecular formula is C22H14Cl2O2. The maximum absolute atomic E-state index is 10.2. The Bertz CT molecular complexity index is 1090. The molecule has 0 bridgehead atoms. The molecule has 0 aliphatic carbocycles. The molecule has 0 saturated heterocycles. The van der Waals surface area contributed by atoms with Crippen LogP contribution in [0, 0.1) is 0 Å². The van der Waals surface area contributed by atoms with Crippen molar-refractivity contribution in [1.29, 1.82) is 0 Å². The highest BCUT2D eigenvalue weighted by molar-refractivity contribution is 6.59. The maximum atomic E-state index is 10.2. The topological polar surface area (TPSA) is 40.5 Å². The quantitative estimate of drug-likeness (QED) is 0.411. The van der Waals surface area contributed by atoms with Gasteiger partial charge in [0, 0.05) is 16.3 Å². The largest absolute Gasteiger partial charge is 0.507 e. The number of benzene rings is 4. The van der Waals surface area contributed by atoms with E-state index in [4.69, 9.17) is 23.2 Å². The fraction of sp³-hybridized carbons (Fsp3) is 0. The highest BCUT2D eigenvalue weighted by Gasteiger charge is 2.17. The van der Waals surface area contributed by atoms with Crippen molar-refractivity contribution < 1.29 is 10.2 Å².